The van der Waals surface area contributed by atoms with Crippen LogP contribution in [0.2, 0.25) is 5.02 Å². The highest BCUT2D eigenvalue weighted by Gasteiger charge is 2.12. The molecule has 2 aromatic rings. The van der Waals surface area contributed by atoms with Crippen LogP contribution < -0.4 is 4.74 Å². The highest BCUT2D eigenvalue weighted by Crippen LogP contribution is 2.32. The first-order valence-corrected chi connectivity index (χ1v) is 7.43. The van der Waals surface area contributed by atoms with E-state index in [1.54, 1.807) is 7.11 Å². The van der Waals surface area contributed by atoms with Crippen LogP contribution in [0.5, 0.6) is 5.75 Å². The molecule has 0 spiro atoms. The van der Waals surface area contributed by atoms with E-state index in [0.29, 0.717) is 0 Å². The van der Waals surface area contributed by atoms with Crippen LogP contribution in [0.25, 0.3) is 0 Å². The number of rotatable bonds is 4. The summed E-state index contributed by atoms with van der Waals surface area (Å²) in [6.07, 6.45) is 0.867. The molecule has 1 unspecified atom stereocenters. The van der Waals surface area contributed by atoms with Gasteiger partial charge in [-0.2, -0.15) is 0 Å². The monoisotopic (exact) mass is 338 g/mol. The first kappa shape index (κ1) is 14.4. The molecule has 2 rings (SSSR count). The van der Waals surface area contributed by atoms with Gasteiger partial charge in [0.25, 0.3) is 0 Å². The highest BCUT2D eigenvalue weighted by atomic mass is 79.9. The van der Waals surface area contributed by atoms with Gasteiger partial charge < -0.3 is 4.74 Å². The Morgan fingerprint density at radius 3 is 2.58 bits per heavy atom. The molecule has 0 saturated heterocycles. The summed E-state index contributed by atoms with van der Waals surface area (Å²) in [6.45, 7) is 2.05. The SMILES string of the molecule is COc1ccc(C(Br)Cc2ccccc2Cl)cc1C. The second kappa shape index (κ2) is 6.44. The smallest absolute Gasteiger partial charge is 0.121 e. The molecule has 1 nitrogen and oxygen atoms in total. The predicted molar refractivity (Wildman–Crippen MR) is 84.6 cm³/mol. The minimum absolute atomic E-state index is 0.247. The Kier molecular flexibility index (Phi) is 4.89. The molecule has 0 aliphatic heterocycles. The van der Waals surface area contributed by atoms with Gasteiger partial charge >= 0.3 is 0 Å². The minimum Gasteiger partial charge on any atom is -0.496 e. The van der Waals surface area contributed by atoms with E-state index < -0.39 is 0 Å². The predicted octanol–water partition coefficient (Wildman–Crippen LogP) is 5.34. The van der Waals surface area contributed by atoms with Crippen LogP contribution >= 0.6 is 27.5 Å². The molecular formula is C16H16BrClO. The number of methoxy groups -OCH3 is 1. The molecule has 0 radical (unpaired) electrons. The van der Waals surface area contributed by atoms with E-state index in [2.05, 4.69) is 41.1 Å². The molecular weight excluding hydrogens is 324 g/mol. The van der Waals surface area contributed by atoms with Crippen molar-refractivity contribution < 1.29 is 4.74 Å². The quantitative estimate of drug-likeness (QED) is 0.684. The normalized spacial score (nSPS) is 12.2. The molecule has 0 N–H and O–H groups in total. The van der Waals surface area contributed by atoms with Crippen molar-refractivity contribution in [2.75, 3.05) is 7.11 Å². The van der Waals surface area contributed by atoms with Crippen LogP contribution in [-0.4, -0.2) is 7.11 Å². The molecule has 1 atom stereocenters. The maximum Gasteiger partial charge on any atom is 0.121 e. The van der Waals surface area contributed by atoms with Gasteiger partial charge in [-0.1, -0.05) is 57.9 Å². The molecule has 3 heteroatoms. The summed E-state index contributed by atoms with van der Waals surface area (Å²) >= 11 is 9.93. The van der Waals surface area contributed by atoms with Gasteiger partial charge in [0.2, 0.25) is 0 Å². The zero-order chi connectivity index (χ0) is 13.8. The topological polar surface area (TPSA) is 9.23 Å². The van der Waals surface area contributed by atoms with Crippen LogP contribution in [-0.2, 0) is 6.42 Å². The Bertz CT molecular complexity index is 568. The lowest BCUT2D eigenvalue weighted by atomic mass is 10.0. The van der Waals surface area contributed by atoms with Crippen LogP contribution in [0.4, 0.5) is 0 Å². The van der Waals surface area contributed by atoms with Crippen molar-refractivity contribution in [3.63, 3.8) is 0 Å². The van der Waals surface area contributed by atoms with Crippen molar-refractivity contribution in [1.82, 2.24) is 0 Å². The van der Waals surface area contributed by atoms with Gasteiger partial charge in [0.05, 0.1) is 7.11 Å². The number of hydrogen-bond donors (Lipinski definition) is 0. The van der Waals surface area contributed by atoms with E-state index in [1.165, 1.54) is 5.56 Å². The van der Waals surface area contributed by atoms with Crippen LogP contribution in [0.1, 0.15) is 21.5 Å². The minimum atomic E-state index is 0.247. The van der Waals surface area contributed by atoms with Crippen molar-refractivity contribution in [3.05, 3.63) is 64.2 Å². The van der Waals surface area contributed by atoms with Crippen molar-refractivity contribution >= 4 is 27.5 Å². The van der Waals surface area contributed by atoms with Gasteiger partial charge in [0.15, 0.2) is 0 Å². The third-order valence-corrected chi connectivity index (χ3v) is 4.36. The van der Waals surface area contributed by atoms with E-state index in [1.807, 2.05) is 24.3 Å². The number of benzene rings is 2. The zero-order valence-electron chi connectivity index (χ0n) is 11.0. The lowest BCUT2D eigenvalue weighted by Gasteiger charge is -2.13. The second-order valence-corrected chi connectivity index (χ2v) is 6.00. The number of ether oxygens (including phenoxy) is 1. The van der Waals surface area contributed by atoms with E-state index in [9.17, 15) is 0 Å². The first-order valence-electron chi connectivity index (χ1n) is 6.14. The van der Waals surface area contributed by atoms with Gasteiger partial charge in [0.1, 0.15) is 5.75 Å². The molecule has 19 heavy (non-hydrogen) atoms. The number of halogens is 2. The summed E-state index contributed by atoms with van der Waals surface area (Å²) in [5.41, 5.74) is 3.53. The Morgan fingerprint density at radius 1 is 1.21 bits per heavy atom. The third-order valence-electron chi connectivity index (χ3n) is 3.14. The van der Waals surface area contributed by atoms with Crippen LogP contribution in [0.3, 0.4) is 0 Å². The van der Waals surface area contributed by atoms with Gasteiger partial charge in [0, 0.05) is 9.85 Å². The molecule has 0 aliphatic rings. The van der Waals surface area contributed by atoms with Crippen molar-refractivity contribution in [1.29, 1.82) is 0 Å². The molecule has 0 heterocycles. The number of hydrogen-bond acceptors (Lipinski definition) is 1. The maximum absolute atomic E-state index is 6.19. The van der Waals surface area contributed by atoms with Gasteiger partial charge in [-0.05, 0) is 42.2 Å². The van der Waals surface area contributed by atoms with E-state index in [0.717, 1.165) is 28.3 Å². The fourth-order valence-electron chi connectivity index (χ4n) is 2.07. The molecule has 2 aromatic carbocycles. The summed E-state index contributed by atoms with van der Waals surface area (Å²) in [5, 5.41) is 0.817. The molecule has 0 aliphatic carbocycles. The van der Waals surface area contributed by atoms with E-state index >= 15 is 0 Å². The van der Waals surface area contributed by atoms with Crippen LogP contribution in [0.15, 0.2) is 42.5 Å². The lowest BCUT2D eigenvalue weighted by Crippen LogP contribution is -1.97. The Labute approximate surface area is 127 Å². The van der Waals surface area contributed by atoms with Gasteiger partial charge in [-0.15, -0.1) is 0 Å². The molecule has 0 bridgehead atoms. The van der Waals surface area contributed by atoms with Crippen molar-refractivity contribution in [2.45, 2.75) is 18.2 Å². The van der Waals surface area contributed by atoms with Crippen molar-refractivity contribution in [3.8, 4) is 5.75 Å². The lowest BCUT2D eigenvalue weighted by molar-refractivity contribution is 0.411. The summed E-state index contributed by atoms with van der Waals surface area (Å²) < 4.78 is 5.28. The Hall–Kier alpha value is -0.990. The largest absolute Gasteiger partial charge is 0.496 e. The van der Waals surface area contributed by atoms with E-state index in [4.69, 9.17) is 16.3 Å². The molecule has 0 fully saturated rings. The Balaban J connectivity index is 2.18. The van der Waals surface area contributed by atoms with Crippen LogP contribution in [0, 0.1) is 6.92 Å². The molecule has 0 saturated carbocycles. The molecule has 0 aromatic heterocycles. The van der Waals surface area contributed by atoms with Gasteiger partial charge in [-0.25, -0.2) is 0 Å². The summed E-state index contributed by atoms with van der Waals surface area (Å²) in [6, 6.07) is 14.2. The number of alkyl halides is 1. The molecule has 0 amide bonds. The average molecular weight is 340 g/mol. The third kappa shape index (κ3) is 3.52. The summed E-state index contributed by atoms with van der Waals surface area (Å²) in [4.78, 5) is 0.247. The van der Waals surface area contributed by atoms with E-state index in [-0.39, 0.29) is 4.83 Å². The fraction of sp³-hybridized carbons (Fsp3) is 0.250. The highest BCUT2D eigenvalue weighted by molar-refractivity contribution is 9.09. The van der Waals surface area contributed by atoms with Gasteiger partial charge in [-0.3, -0.25) is 0 Å². The zero-order valence-corrected chi connectivity index (χ0v) is 13.3. The summed E-state index contributed by atoms with van der Waals surface area (Å²) in [7, 11) is 1.69. The average Bonchev–Trinajstić information content (AvgIpc) is 2.41. The fourth-order valence-corrected chi connectivity index (χ4v) is 2.92. The molecule has 100 valence electrons. The number of aryl methyl sites for hydroxylation is 1. The standard InChI is InChI=1S/C16H16BrClO/c1-11-9-12(7-8-16(11)19-2)14(17)10-13-5-3-4-6-15(13)18/h3-9,14H,10H2,1-2H3. The Morgan fingerprint density at radius 2 is 1.95 bits per heavy atom. The summed E-state index contributed by atoms with van der Waals surface area (Å²) in [5.74, 6) is 0.918. The first-order chi connectivity index (χ1) is 9.11. The second-order valence-electron chi connectivity index (χ2n) is 4.49. The maximum atomic E-state index is 6.19. The van der Waals surface area contributed by atoms with Crippen molar-refractivity contribution in [2.24, 2.45) is 0 Å².